The maximum absolute atomic E-state index is 12.7. The van der Waals surface area contributed by atoms with Crippen molar-refractivity contribution in [3.8, 4) is 6.07 Å². The van der Waals surface area contributed by atoms with Crippen LogP contribution in [0, 0.1) is 18.3 Å². The molecule has 1 nitrogen and oxygen atoms in total. The maximum atomic E-state index is 12.7. The highest BCUT2D eigenvalue weighted by atomic mass is 32.2. The topological polar surface area (TPSA) is 23.8 Å². The fraction of sp³-hybridized carbons (Fsp3) is 0.188. The van der Waals surface area contributed by atoms with Gasteiger partial charge in [-0.25, -0.2) is 0 Å². The quantitative estimate of drug-likeness (QED) is 0.730. The van der Waals surface area contributed by atoms with Crippen molar-refractivity contribution in [2.75, 3.05) is 0 Å². The van der Waals surface area contributed by atoms with Gasteiger partial charge in [-0.15, -0.1) is 11.8 Å². The Bertz CT molecular complexity index is 687. The van der Waals surface area contributed by atoms with Crippen molar-refractivity contribution >= 4 is 11.8 Å². The third-order valence-corrected chi connectivity index (χ3v) is 4.12. The highest BCUT2D eigenvalue weighted by molar-refractivity contribution is 7.98. The van der Waals surface area contributed by atoms with Gasteiger partial charge in [0.15, 0.2) is 0 Å². The fourth-order valence-corrected chi connectivity index (χ4v) is 2.90. The zero-order valence-electron chi connectivity index (χ0n) is 11.2. The molecular weight excluding hydrogens is 295 g/mol. The Hall–Kier alpha value is -1.93. The monoisotopic (exact) mass is 307 g/mol. The first-order chi connectivity index (χ1) is 9.91. The Morgan fingerprint density at radius 2 is 1.86 bits per heavy atom. The molecule has 0 amide bonds. The van der Waals surface area contributed by atoms with Crippen LogP contribution in [0.3, 0.4) is 0 Å². The van der Waals surface area contributed by atoms with Gasteiger partial charge in [-0.2, -0.15) is 18.4 Å². The highest BCUT2D eigenvalue weighted by Gasteiger charge is 2.33. The van der Waals surface area contributed by atoms with Crippen LogP contribution in [-0.4, -0.2) is 0 Å². The molecule has 2 aromatic carbocycles. The number of hydrogen-bond acceptors (Lipinski definition) is 2. The number of hydrogen-bond donors (Lipinski definition) is 0. The van der Waals surface area contributed by atoms with Crippen molar-refractivity contribution in [1.82, 2.24) is 0 Å². The fourth-order valence-electron chi connectivity index (χ4n) is 1.89. The molecule has 0 radical (unpaired) electrons. The smallest absolute Gasteiger partial charge is 0.192 e. The Morgan fingerprint density at radius 1 is 1.14 bits per heavy atom. The zero-order chi connectivity index (χ0) is 15.5. The van der Waals surface area contributed by atoms with Crippen molar-refractivity contribution in [3.05, 3.63) is 64.7 Å². The molecule has 2 rings (SSSR count). The van der Waals surface area contributed by atoms with Crippen LogP contribution in [0.2, 0.25) is 0 Å². The number of aryl methyl sites for hydroxylation is 1. The largest absolute Gasteiger partial charge is 0.417 e. The van der Waals surface area contributed by atoms with E-state index in [2.05, 4.69) is 0 Å². The van der Waals surface area contributed by atoms with E-state index in [0.717, 1.165) is 17.2 Å². The van der Waals surface area contributed by atoms with Gasteiger partial charge in [0.05, 0.1) is 17.2 Å². The molecule has 0 aromatic heterocycles. The molecule has 0 aliphatic heterocycles. The summed E-state index contributed by atoms with van der Waals surface area (Å²) in [6, 6.07) is 13.1. The normalized spacial score (nSPS) is 11.2. The Balaban J connectivity index is 2.19. The summed E-state index contributed by atoms with van der Waals surface area (Å²) in [4.78, 5) is 0.655. The average molecular weight is 307 g/mol. The first-order valence-electron chi connectivity index (χ1n) is 6.20. The number of thioether (sulfide) groups is 1. The molecule has 2 aromatic rings. The van der Waals surface area contributed by atoms with Gasteiger partial charge in [-0.1, -0.05) is 24.3 Å². The van der Waals surface area contributed by atoms with Crippen molar-refractivity contribution in [1.29, 1.82) is 5.26 Å². The SMILES string of the molecule is Cc1ccccc1CSc1ccc(C(F)(F)F)c(C#N)c1. The van der Waals surface area contributed by atoms with Gasteiger partial charge in [0, 0.05) is 10.6 Å². The first kappa shape index (κ1) is 15.5. The van der Waals surface area contributed by atoms with Gasteiger partial charge >= 0.3 is 6.18 Å². The third-order valence-electron chi connectivity index (χ3n) is 3.07. The van der Waals surface area contributed by atoms with Gasteiger partial charge in [0.25, 0.3) is 0 Å². The summed E-state index contributed by atoms with van der Waals surface area (Å²) in [6.07, 6.45) is -4.50. The number of nitriles is 1. The number of rotatable bonds is 3. The van der Waals surface area contributed by atoms with E-state index in [1.807, 2.05) is 31.2 Å². The molecule has 0 N–H and O–H groups in total. The molecule has 0 fully saturated rings. The van der Waals surface area contributed by atoms with Gasteiger partial charge < -0.3 is 0 Å². The summed E-state index contributed by atoms with van der Waals surface area (Å²) < 4.78 is 38.1. The van der Waals surface area contributed by atoms with E-state index < -0.39 is 11.7 Å². The van der Waals surface area contributed by atoms with Crippen LogP contribution >= 0.6 is 11.8 Å². The summed E-state index contributed by atoms with van der Waals surface area (Å²) >= 11 is 1.42. The standard InChI is InChI=1S/C16H12F3NS/c1-11-4-2-3-5-12(11)10-21-14-6-7-15(16(17,18)19)13(8-14)9-20/h2-8H,10H2,1H3. The van der Waals surface area contributed by atoms with Gasteiger partial charge in [-0.3, -0.25) is 0 Å². The number of halogens is 3. The van der Waals surface area contributed by atoms with Crippen LogP contribution < -0.4 is 0 Å². The second kappa shape index (κ2) is 6.23. The molecule has 0 unspecified atom stereocenters. The van der Waals surface area contributed by atoms with Crippen molar-refractivity contribution in [2.45, 2.75) is 23.7 Å². The molecule has 0 aliphatic carbocycles. The van der Waals surface area contributed by atoms with Crippen molar-refractivity contribution < 1.29 is 13.2 Å². The molecule has 0 heterocycles. The maximum Gasteiger partial charge on any atom is 0.417 e. The minimum Gasteiger partial charge on any atom is -0.192 e. The zero-order valence-corrected chi connectivity index (χ0v) is 12.1. The van der Waals surface area contributed by atoms with Crippen LogP contribution in [0.15, 0.2) is 47.4 Å². The van der Waals surface area contributed by atoms with E-state index >= 15 is 0 Å². The van der Waals surface area contributed by atoms with Gasteiger partial charge in [-0.05, 0) is 36.2 Å². The van der Waals surface area contributed by atoms with Crippen LogP contribution in [-0.2, 0) is 11.9 Å². The van der Waals surface area contributed by atoms with Crippen LogP contribution in [0.4, 0.5) is 13.2 Å². The Morgan fingerprint density at radius 3 is 2.48 bits per heavy atom. The predicted molar refractivity (Wildman–Crippen MR) is 76.9 cm³/mol. The second-order valence-electron chi connectivity index (χ2n) is 4.53. The molecule has 0 atom stereocenters. The molecule has 0 aliphatic rings. The van der Waals surface area contributed by atoms with Crippen molar-refractivity contribution in [2.24, 2.45) is 0 Å². The van der Waals surface area contributed by atoms with E-state index in [0.29, 0.717) is 10.6 Å². The summed E-state index contributed by atoms with van der Waals surface area (Å²) in [7, 11) is 0. The molecule has 0 saturated heterocycles. The molecule has 0 spiro atoms. The lowest BCUT2D eigenvalue weighted by Gasteiger charge is -2.10. The van der Waals surface area contributed by atoms with Crippen LogP contribution in [0.1, 0.15) is 22.3 Å². The lowest BCUT2D eigenvalue weighted by atomic mass is 10.1. The van der Waals surface area contributed by atoms with Crippen molar-refractivity contribution in [3.63, 3.8) is 0 Å². The predicted octanol–water partition coefficient (Wildman–Crippen LogP) is 5.18. The summed E-state index contributed by atoms with van der Waals surface area (Å²) in [5, 5.41) is 8.88. The minimum atomic E-state index is -4.50. The van der Waals surface area contributed by atoms with E-state index in [-0.39, 0.29) is 5.56 Å². The van der Waals surface area contributed by atoms with E-state index in [4.69, 9.17) is 5.26 Å². The summed E-state index contributed by atoms with van der Waals surface area (Å²) in [6.45, 7) is 1.99. The molecule has 5 heteroatoms. The number of nitrogens with zero attached hydrogens (tertiary/aromatic N) is 1. The Kier molecular flexibility index (Phi) is 4.59. The first-order valence-corrected chi connectivity index (χ1v) is 7.19. The highest BCUT2D eigenvalue weighted by Crippen LogP contribution is 2.34. The average Bonchev–Trinajstić information content (AvgIpc) is 2.45. The lowest BCUT2D eigenvalue weighted by molar-refractivity contribution is -0.137. The number of alkyl halides is 3. The molecule has 21 heavy (non-hydrogen) atoms. The molecular formula is C16H12F3NS. The minimum absolute atomic E-state index is 0.336. The molecule has 0 saturated carbocycles. The molecule has 108 valence electrons. The van der Waals surface area contributed by atoms with Gasteiger partial charge in [0.2, 0.25) is 0 Å². The third kappa shape index (κ3) is 3.79. The van der Waals surface area contributed by atoms with Crippen LogP contribution in [0.25, 0.3) is 0 Å². The van der Waals surface area contributed by atoms with E-state index in [9.17, 15) is 13.2 Å². The molecule has 0 bridgehead atoms. The van der Waals surface area contributed by atoms with E-state index in [1.165, 1.54) is 23.9 Å². The number of benzene rings is 2. The Labute approximate surface area is 125 Å². The van der Waals surface area contributed by atoms with Gasteiger partial charge in [0.1, 0.15) is 0 Å². The second-order valence-corrected chi connectivity index (χ2v) is 5.58. The van der Waals surface area contributed by atoms with Crippen LogP contribution in [0.5, 0.6) is 0 Å². The summed E-state index contributed by atoms with van der Waals surface area (Å²) in [5.41, 5.74) is 1.04. The summed E-state index contributed by atoms with van der Waals surface area (Å²) in [5.74, 6) is 0.656. The van der Waals surface area contributed by atoms with E-state index in [1.54, 1.807) is 6.07 Å². The lowest BCUT2D eigenvalue weighted by Crippen LogP contribution is -2.07.